The number of hydrogen-bond acceptors (Lipinski definition) is 6. The van der Waals surface area contributed by atoms with Gasteiger partial charge in [-0.3, -0.25) is 4.79 Å². The Kier molecular flexibility index (Phi) is 8.02. The number of imidazole rings is 1. The number of halogens is 1. The molecule has 0 bridgehead atoms. The molecule has 2 aliphatic heterocycles. The standard InChI is InChI=1S/C38H38FN5O4/c1-38(2,3)48-37(46)43-19-17-42(18-20-43)28-14-11-24(12-15-28)25-9-10-26-23-44(36(45)29(26)21-25)34(30-22-27(39)13-16-33(30)47-4)35-40-31-7-5-6-8-32(31)41-35/h5-16,21-22,34H,17-20,23H2,1-4H3,(H,40,41). The average Bonchev–Trinajstić information content (AvgIpc) is 3.65. The number of H-pyrrole nitrogens is 1. The molecule has 1 saturated heterocycles. The quantitative estimate of drug-likeness (QED) is 0.210. The monoisotopic (exact) mass is 647 g/mol. The number of aromatic amines is 1. The number of anilines is 1. The van der Waals surface area contributed by atoms with E-state index in [1.807, 2.05) is 63.2 Å². The number of amides is 2. The highest BCUT2D eigenvalue weighted by molar-refractivity contribution is 6.00. The Morgan fingerprint density at radius 1 is 0.917 bits per heavy atom. The molecule has 3 heterocycles. The van der Waals surface area contributed by atoms with E-state index < -0.39 is 17.5 Å². The van der Waals surface area contributed by atoms with Gasteiger partial charge in [-0.25, -0.2) is 14.2 Å². The Morgan fingerprint density at radius 3 is 2.35 bits per heavy atom. The Morgan fingerprint density at radius 2 is 1.65 bits per heavy atom. The molecule has 246 valence electrons. The maximum atomic E-state index is 14.7. The van der Waals surface area contributed by atoms with Gasteiger partial charge >= 0.3 is 6.09 Å². The van der Waals surface area contributed by atoms with Crippen LogP contribution in [0.25, 0.3) is 22.2 Å². The molecular formula is C38H38FN5O4. The lowest BCUT2D eigenvalue weighted by Crippen LogP contribution is -2.50. The highest BCUT2D eigenvalue weighted by Gasteiger charge is 2.38. The van der Waals surface area contributed by atoms with E-state index in [-0.39, 0.29) is 12.0 Å². The van der Waals surface area contributed by atoms with E-state index in [2.05, 4.69) is 34.1 Å². The Hall–Kier alpha value is -5.38. The Balaban J connectivity index is 1.12. The van der Waals surface area contributed by atoms with Gasteiger partial charge in [-0.05, 0) is 86.0 Å². The minimum atomic E-state index is -0.707. The largest absolute Gasteiger partial charge is 0.496 e. The SMILES string of the molecule is COc1ccc(F)cc1C(c1nc2ccccc2[nH]1)N1Cc2ccc(-c3ccc(N4CCN(C(=O)OC(C)(C)C)CC4)cc3)cc2C1=O. The van der Waals surface area contributed by atoms with Gasteiger partial charge in [0.25, 0.3) is 5.91 Å². The number of piperazine rings is 1. The fourth-order valence-electron chi connectivity index (χ4n) is 6.53. The van der Waals surface area contributed by atoms with Crippen LogP contribution < -0.4 is 9.64 Å². The van der Waals surface area contributed by atoms with Crippen LogP contribution >= 0.6 is 0 Å². The zero-order valence-corrected chi connectivity index (χ0v) is 27.5. The van der Waals surface area contributed by atoms with Crippen LogP contribution in [0.5, 0.6) is 5.75 Å². The van der Waals surface area contributed by atoms with Crippen LogP contribution in [-0.2, 0) is 11.3 Å². The predicted octanol–water partition coefficient (Wildman–Crippen LogP) is 7.18. The number of nitrogens with zero attached hydrogens (tertiary/aromatic N) is 4. The molecule has 0 aliphatic carbocycles. The molecule has 2 aliphatic rings. The molecule has 1 unspecified atom stereocenters. The summed E-state index contributed by atoms with van der Waals surface area (Å²) in [5.74, 6) is 0.413. The van der Waals surface area contributed by atoms with E-state index in [9.17, 15) is 14.0 Å². The molecule has 5 aromatic rings. The Bertz CT molecular complexity index is 1960. The molecule has 1 fully saturated rings. The minimum absolute atomic E-state index is 0.164. The molecule has 0 saturated carbocycles. The van der Waals surface area contributed by atoms with Crippen molar-refractivity contribution in [1.82, 2.24) is 19.8 Å². The normalized spacial score (nSPS) is 15.5. The number of aromatic nitrogens is 2. The first-order valence-electron chi connectivity index (χ1n) is 16.1. The second-order valence-corrected chi connectivity index (χ2v) is 13.2. The van der Waals surface area contributed by atoms with Crippen LogP contribution in [0, 0.1) is 5.82 Å². The number of ether oxygens (including phenoxy) is 2. The number of benzene rings is 4. The lowest BCUT2D eigenvalue weighted by Gasteiger charge is -2.36. The predicted molar refractivity (Wildman–Crippen MR) is 183 cm³/mol. The fraction of sp³-hybridized carbons (Fsp3) is 0.289. The molecule has 0 radical (unpaired) electrons. The topological polar surface area (TPSA) is 91.0 Å². The molecule has 1 N–H and O–H groups in total. The van der Waals surface area contributed by atoms with Crippen molar-refractivity contribution in [2.75, 3.05) is 38.2 Å². The van der Waals surface area contributed by atoms with Gasteiger partial charge in [0.05, 0.1) is 18.1 Å². The van der Waals surface area contributed by atoms with Gasteiger partial charge in [0.15, 0.2) is 0 Å². The van der Waals surface area contributed by atoms with Gasteiger partial charge in [0.2, 0.25) is 0 Å². The van der Waals surface area contributed by atoms with Crippen molar-refractivity contribution >= 4 is 28.7 Å². The van der Waals surface area contributed by atoms with Crippen LogP contribution in [0.1, 0.15) is 54.1 Å². The van der Waals surface area contributed by atoms with E-state index in [1.54, 1.807) is 15.9 Å². The number of methoxy groups -OCH3 is 1. The first-order valence-corrected chi connectivity index (χ1v) is 16.1. The summed E-state index contributed by atoms with van der Waals surface area (Å²) >= 11 is 0. The van der Waals surface area contributed by atoms with Crippen LogP contribution in [-0.4, -0.2) is 70.7 Å². The maximum Gasteiger partial charge on any atom is 0.410 e. The number of carbonyl (C=O) groups is 2. The summed E-state index contributed by atoms with van der Waals surface area (Å²) in [5, 5.41) is 0. The Labute approximate surface area is 278 Å². The lowest BCUT2D eigenvalue weighted by atomic mass is 10.00. The molecule has 10 heteroatoms. The number of para-hydroxylation sites is 2. The van der Waals surface area contributed by atoms with Crippen molar-refractivity contribution in [3.05, 3.63) is 113 Å². The molecular weight excluding hydrogens is 609 g/mol. The number of rotatable bonds is 6. The van der Waals surface area contributed by atoms with Crippen LogP contribution in [0.15, 0.2) is 84.9 Å². The van der Waals surface area contributed by atoms with Crippen LogP contribution in [0.3, 0.4) is 0 Å². The summed E-state index contributed by atoms with van der Waals surface area (Å²) in [4.78, 5) is 40.6. The van der Waals surface area contributed by atoms with E-state index in [4.69, 9.17) is 14.5 Å². The molecule has 1 atom stereocenters. The highest BCUT2D eigenvalue weighted by Crippen LogP contribution is 2.40. The van der Waals surface area contributed by atoms with Crippen molar-refractivity contribution in [2.24, 2.45) is 0 Å². The van der Waals surface area contributed by atoms with Crippen molar-refractivity contribution in [3.8, 4) is 16.9 Å². The van der Waals surface area contributed by atoms with Gasteiger partial charge in [-0.1, -0.05) is 36.4 Å². The third kappa shape index (κ3) is 6.05. The van der Waals surface area contributed by atoms with Crippen LogP contribution in [0.4, 0.5) is 14.9 Å². The van der Waals surface area contributed by atoms with Crippen LogP contribution in [0.2, 0.25) is 0 Å². The summed E-state index contributed by atoms with van der Waals surface area (Å²) < 4.78 is 25.9. The molecule has 2 amide bonds. The highest BCUT2D eigenvalue weighted by atomic mass is 19.1. The zero-order chi connectivity index (χ0) is 33.6. The van der Waals surface area contributed by atoms with E-state index >= 15 is 0 Å². The molecule has 9 nitrogen and oxygen atoms in total. The first kappa shape index (κ1) is 31.2. The fourth-order valence-corrected chi connectivity index (χ4v) is 6.53. The number of fused-ring (bicyclic) bond motifs is 2. The van der Waals surface area contributed by atoms with Crippen molar-refractivity contribution < 1.29 is 23.5 Å². The van der Waals surface area contributed by atoms with Gasteiger partial charge in [-0.2, -0.15) is 0 Å². The summed E-state index contributed by atoms with van der Waals surface area (Å²) in [7, 11) is 1.54. The van der Waals surface area contributed by atoms with E-state index in [0.29, 0.717) is 55.4 Å². The molecule has 0 spiro atoms. The minimum Gasteiger partial charge on any atom is -0.496 e. The number of carbonyl (C=O) groups excluding carboxylic acids is 2. The van der Waals surface area contributed by atoms with E-state index in [0.717, 1.165) is 33.4 Å². The maximum absolute atomic E-state index is 14.7. The third-order valence-electron chi connectivity index (χ3n) is 8.90. The first-order chi connectivity index (χ1) is 23.1. The van der Waals surface area contributed by atoms with Crippen molar-refractivity contribution in [1.29, 1.82) is 0 Å². The summed E-state index contributed by atoms with van der Waals surface area (Å²) in [6, 6.07) is 25.5. The number of hydrogen-bond donors (Lipinski definition) is 1. The summed E-state index contributed by atoms with van der Waals surface area (Å²) in [5.41, 5.74) is 6.06. The van der Waals surface area contributed by atoms with Gasteiger partial charge in [-0.15, -0.1) is 0 Å². The van der Waals surface area contributed by atoms with Crippen molar-refractivity contribution in [2.45, 2.75) is 39.0 Å². The van der Waals surface area contributed by atoms with Gasteiger partial charge in [0.1, 0.15) is 29.0 Å². The average molecular weight is 648 g/mol. The second-order valence-electron chi connectivity index (χ2n) is 13.2. The summed E-state index contributed by atoms with van der Waals surface area (Å²) in [6.45, 7) is 8.57. The molecule has 7 rings (SSSR count). The molecule has 48 heavy (non-hydrogen) atoms. The van der Waals surface area contributed by atoms with Crippen molar-refractivity contribution in [3.63, 3.8) is 0 Å². The smallest absolute Gasteiger partial charge is 0.410 e. The lowest BCUT2D eigenvalue weighted by molar-refractivity contribution is 0.0240. The molecule has 1 aromatic heterocycles. The number of nitrogens with one attached hydrogen (secondary N) is 1. The summed E-state index contributed by atoms with van der Waals surface area (Å²) in [6.07, 6.45) is -0.277. The second kappa shape index (κ2) is 12.3. The van der Waals surface area contributed by atoms with Gasteiger partial charge in [0, 0.05) is 49.5 Å². The van der Waals surface area contributed by atoms with Gasteiger partial charge < -0.3 is 29.2 Å². The van der Waals surface area contributed by atoms with E-state index in [1.165, 1.54) is 19.2 Å². The zero-order valence-electron chi connectivity index (χ0n) is 27.5. The molecule has 4 aromatic carbocycles. The third-order valence-corrected chi connectivity index (χ3v) is 8.90.